The predicted molar refractivity (Wildman–Crippen MR) is 109 cm³/mol. The van der Waals surface area contributed by atoms with Crippen LogP contribution in [0.1, 0.15) is 57.3 Å². The van der Waals surface area contributed by atoms with Crippen molar-refractivity contribution in [2.75, 3.05) is 13.7 Å². The van der Waals surface area contributed by atoms with Crippen LogP contribution in [-0.2, 0) is 6.42 Å². The molecule has 0 radical (unpaired) electrons. The van der Waals surface area contributed by atoms with Gasteiger partial charge in [0.15, 0.2) is 0 Å². The Bertz CT molecular complexity index is 731. The van der Waals surface area contributed by atoms with Crippen LogP contribution in [0, 0.1) is 5.92 Å². The van der Waals surface area contributed by atoms with Gasteiger partial charge in [-0.2, -0.15) is 0 Å². The maximum absolute atomic E-state index is 5.40. The molecule has 1 aromatic heterocycles. The summed E-state index contributed by atoms with van der Waals surface area (Å²) in [5, 5.41) is 5.04. The van der Waals surface area contributed by atoms with E-state index in [0.717, 1.165) is 18.7 Å². The molecule has 0 saturated heterocycles. The molecule has 2 unspecified atom stereocenters. The van der Waals surface area contributed by atoms with E-state index in [9.17, 15) is 0 Å². The molecule has 1 aliphatic rings. The molecule has 3 nitrogen and oxygen atoms in total. The van der Waals surface area contributed by atoms with Gasteiger partial charge in [-0.1, -0.05) is 18.6 Å². The highest BCUT2D eigenvalue weighted by Crippen LogP contribution is 2.35. The molecule has 0 saturated carbocycles. The van der Waals surface area contributed by atoms with Crippen LogP contribution in [0.25, 0.3) is 10.9 Å². The summed E-state index contributed by atoms with van der Waals surface area (Å²) in [5.41, 5.74) is 5.51. The van der Waals surface area contributed by atoms with Crippen LogP contribution in [-0.4, -0.2) is 18.6 Å². The minimum atomic E-state index is 0. The summed E-state index contributed by atoms with van der Waals surface area (Å²) in [5.74, 6) is 1.65. The highest BCUT2D eigenvalue weighted by Gasteiger charge is 2.25. The molecule has 0 amide bonds. The molecule has 0 bridgehead atoms. The molecule has 2 N–H and O–H groups in total. The smallest absolute Gasteiger partial charge is 0.119 e. The van der Waals surface area contributed by atoms with Crippen molar-refractivity contribution >= 4 is 23.3 Å². The van der Waals surface area contributed by atoms with Gasteiger partial charge in [-0.3, -0.25) is 0 Å². The van der Waals surface area contributed by atoms with Gasteiger partial charge in [0, 0.05) is 22.6 Å². The molecule has 2 aromatic rings. The average Bonchev–Trinajstić information content (AvgIpc) is 2.93. The maximum atomic E-state index is 5.40. The summed E-state index contributed by atoms with van der Waals surface area (Å²) >= 11 is 0. The minimum Gasteiger partial charge on any atom is -0.497 e. The third-order valence-corrected chi connectivity index (χ3v) is 5.11. The van der Waals surface area contributed by atoms with Crippen molar-refractivity contribution in [3.05, 3.63) is 41.1 Å². The Morgan fingerprint density at radius 3 is 2.88 bits per heavy atom. The Balaban J connectivity index is 0.00000225. The number of rotatable bonds is 6. The summed E-state index contributed by atoms with van der Waals surface area (Å²) < 4.78 is 5.40. The number of methoxy groups -OCH3 is 1. The molecule has 0 fully saturated rings. The summed E-state index contributed by atoms with van der Waals surface area (Å²) in [6.07, 6.45) is 7.07. The lowest BCUT2D eigenvalue weighted by Crippen LogP contribution is -2.30. The number of H-pyrrole nitrogens is 1. The molecular formula is C21H31ClN2O. The molecule has 25 heavy (non-hydrogen) atoms. The summed E-state index contributed by atoms with van der Waals surface area (Å²) in [6.45, 7) is 7.79. The van der Waals surface area contributed by atoms with Crippen molar-refractivity contribution in [2.45, 2.75) is 52.5 Å². The van der Waals surface area contributed by atoms with Crippen LogP contribution in [0.5, 0.6) is 5.75 Å². The molecule has 0 aliphatic carbocycles. The van der Waals surface area contributed by atoms with E-state index >= 15 is 0 Å². The Kier molecular flexibility index (Phi) is 6.97. The van der Waals surface area contributed by atoms with Gasteiger partial charge >= 0.3 is 0 Å². The number of aromatic nitrogens is 1. The first-order chi connectivity index (χ1) is 11.6. The first-order valence-corrected chi connectivity index (χ1v) is 9.13. The van der Waals surface area contributed by atoms with Crippen molar-refractivity contribution in [2.24, 2.45) is 5.92 Å². The zero-order chi connectivity index (χ0) is 17.1. The van der Waals surface area contributed by atoms with E-state index in [1.165, 1.54) is 47.0 Å². The molecular weight excluding hydrogens is 332 g/mol. The number of halogens is 1. The molecule has 0 spiro atoms. The second-order valence-electron chi connectivity index (χ2n) is 7.39. The molecule has 1 aliphatic heterocycles. The largest absolute Gasteiger partial charge is 0.497 e. The van der Waals surface area contributed by atoms with Crippen LogP contribution in [0.2, 0.25) is 0 Å². The molecule has 1 aromatic carbocycles. The SMILES string of the molecule is COc1ccc2[nH]c3c(c2c1)CCNC3CC(C)CCC=C(C)C.Cl. The maximum Gasteiger partial charge on any atom is 0.119 e. The van der Waals surface area contributed by atoms with Gasteiger partial charge in [-0.05, 0) is 75.8 Å². The Morgan fingerprint density at radius 1 is 1.36 bits per heavy atom. The first kappa shape index (κ1) is 19.9. The van der Waals surface area contributed by atoms with Gasteiger partial charge in [0.25, 0.3) is 0 Å². The fraction of sp³-hybridized carbons (Fsp3) is 0.524. The third kappa shape index (κ3) is 4.59. The van der Waals surface area contributed by atoms with Crippen molar-refractivity contribution in [3.8, 4) is 5.75 Å². The average molecular weight is 363 g/mol. The van der Waals surface area contributed by atoms with Crippen LogP contribution in [0.15, 0.2) is 29.8 Å². The van der Waals surface area contributed by atoms with Gasteiger partial charge in [-0.25, -0.2) is 0 Å². The zero-order valence-corrected chi connectivity index (χ0v) is 16.6. The number of benzene rings is 1. The Hall–Kier alpha value is -1.45. The summed E-state index contributed by atoms with van der Waals surface area (Å²) in [6, 6.07) is 6.79. The van der Waals surface area contributed by atoms with Crippen LogP contribution < -0.4 is 10.1 Å². The second kappa shape index (κ2) is 8.77. The minimum absolute atomic E-state index is 0. The number of aromatic amines is 1. The highest BCUT2D eigenvalue weighted by atomic mass is 35.5. The molecule has 138 valence electrons. The number of hydrogen-bond donors (Lipinski definition) is 2. The topological polar surface area (TPSA) is 37.0 Å². The van der Waals surface area contributed by atoms with E-state index in [4.69, 9.17) is 4.74 Å². The van der Waals surface area contributed by atoms with E-state index in [1.54, 1.807) is 7.11 Å². The van der Waals surface area contributed by atoms with Crippen molar-refractivity contribution in [1.29, 1.82) is 0 Å². The van der Waals surface area contributed by atoms with Crippen molar-refractivity contribution < 1.29 is 4.74 Å². The molecule has 4 heteroatoms. The van der Waals surface area contributed by atoms with Crippen molar-refractivity contribution in [1.82, 2.24) is 10.3 Å². The quantitative estimate of drug-likeness (QED) is 0.660. The van der Waals surface area contributed by atoms with E-state index in [0.29, 0.717) is 12.0 Å². The number of allylic oxidation sites excluding steroid dienone is 2. The lowest BCUT2D eigenvalue weighted by atomic mass is 9.90. The number of nitrogens with one attached hydrogen (secondary N) is 2. The molecule has 2 heterocycles. The van der Waals surface area contributed by atoms with E-state index in [-0.39, 0.29) is 12.4 Å². The zero-order valence-electron chi connectivity index (χ0n) is 15.8. The predicted octanol–water partition coefficient (Wildman–Crippen LogP) is 5.56. The number of fused-ring (bicyclic) bond motifs is 3. The Morgan fingerprint density at radius 2 is 2.16 bits per heavy atom. The van der Waals surface area contributed by atoms with E-state index in [1.807, 2.05) is 6.07 Å². The molecule has 2 atom stereocenters. The molecule has 3 rings (SSSR count). The van der Waals surface area contributed by atoms with Gasteiger partial charge in [0.2, 0.25) is 0 Å². The normalized spacial score (nSPS) is 17.5. The standard InChI is InChI=1S/C21H30N2O.ClH/c1-14(2)6-5-7-15(3)12-20-21-17(10-11-22-20)18-13-16(24-4)8-9-19(18)23-21;/h6,8-9,13,15,20,22-23H,5,7,10-12H2,1-4H3;1H. The second-order valence-corrected chi connectivity index (χ2v) is 7.39. The first-order valence-electron chi connectivity index (χ1n) is 9.13. The van der Waals surface area contributed by atoms with E-state index in [2.05, 4.69) is 49.3 Å². The van der Waals surface area contributed by atoms with Crippen LogP contribution >= 0.6 is 12.4 Å². The fourth-order valence-corrected chi connectivity index (χ4v) is 3.79. The van der Waals surface area contributed by atoms with Gasteiger partial charge in [0.1, 0.15) is 5.75 Å². The van der Waals surface area contributed by atoms with Crippen molar-refractivity contribution in [3.63, 3.8) is 0 Å². The monoisotopic (exact) mass is 362 g/mol. The van der Waals surface area contributed by atoms with Gasteiger partial charge in [0.05, 0.1) is 7.11 Å². The number of ether oxygens (including phenoxy) is 1. The summed E-state index contributed by atoms with van der Waals surface area (Å²) in [7, 11) is 1.73. The highest BCUT2D eigenvalue weighted by molar-refractivity contribution is 5.86. The summed E-state index contributed by atoms with van der Waals surface area (Å²) in [4.78, 5) is 3.67. The van der Waals surface area contributed by atoms with Crippen LogP contribution in [0.4, 0.5) is 0 Å². The number of hydrogen-bond acceptors (Lipinski definition) is 2. The lowest BCUT2D eigenvalue weighted by molar-refractivity contribution is 0.378. The Labute approximate surface area is 157 Å². The third-order valence-electron chi connectivity index (χ3n) is 5.11. The van der Waals surface area contributed by atoms with Crippen LogP contribution in [0.3, 0.4) is 0 Å². The van der Waals surface area contributed by atoms with Gasteiger partial charge < -0.3 is 15.0 Å². The van der Waals surface area contributed by atoms with E-state index < -0.39 is 0 Å². The lowest BCUT2D eigenvalue weighted by Gasteiger charge is -2.27. The van der Waals surface area contributed by atoms with Gasteiger partial charge in [-0.15, -0.1) is 12.4 Å². The fourth-order valence-electron chi connectivity index (χ4n) is 3.79.